The smallest absolute Gasteiger partial charge is 0.0666 e. The minimum absolute atomic E-state index is 0.0344. The highest BCUT2D eigenvalue weighted by molar-refractivity contribution is 7.99. The third-order valence-electron chi connectivity index (χ3n) is 3.14. The Labute approximate surface area is 84.0 Å². The highest BCUT2D eigenvalue weighted by atomic mass is 32.2. The van der Waals surface area contributed by atoms with Crippen molar-refractivity contribution in [3.05, 3.63) is 0 Å². The molecule has 2 rings (SSSR count). The van der Waals surface area contributed by atoms with Gasteiger partial charge in [0.25, 0.3) is 0 Å². The van der Waals surface area contributed by atoms with Gasteiger partial charge in [0.15, 0.2) is 0 Å². The molecule has 0 aromatic carbocycles. The van der Waals surface area contributed by atoms with Crippen LogP contribution in [0.15, 0.2) is 0 Å². The topological polar surface area (TPSA) is 29.5 Å². The van der Waals surface area contributed by atoms with E-state index in [1.165, 1.54) is 25.0 Å². The van der Waals surface area contributed by atoms with Gasteiger partial charge in [0, 0.05) is 19.0 Å². The van der Waals surface area contributed by atoms with Gasteiger partial charge in [0.05, 0.1) is 6.10 Å². The maximum absolute atomic E-state index is 9.67. The molecule has 0 aromatic rings. The first kappa shape index (κ1) is 9.81. The predicted octanol–water partition coefficient (Wildman–Crippen LogP) is 1.53. The molecule has 0 bridgehead atoms. The molecule has 3 heteroatoms. The van der Waals surface area contributed by atoms with Crippen LogP contribution >= 0.6 is 11.8 Å². The second-order valence-corrected chi connectivity index (χ2v) is 5.23. The first-order chi connectivity index (χ1) is 6.36. The Kier molecular flexibility index (Phi) is 3.52. The van der Waals surface area contributed by atoms with Gasteiger partial charge < -0.3 is 9.84 Å². The van der Waals surface area contributed by atoms with Crippen LogP contribution < -0.4 is 0 Å². The van der Waals surface area contributed by atoms with Gasteiger partial charge in [-0.15, -0.1) is 0 Å². The van der Waals surface area contributed by atoms with Gasteiger partial charge in [0.1, 0.15) is 0 Å². The molecule has 2 unspecified atom stereocenters. The SMILES string of the molecule is OC1CSCC1CC1CCOCC1. The third kappa shape index (κ3) is 2.61. The van der Waals surface area contributed by atoms with Crippen molar-refractivity contribution in [2.45, 2.75) is 25.4 Å². The van der Waals surface area contributed by atoms with E-state index in [1.54, 1.807) is 0 Å². The molecule has 2 aliphatic heterocycles. The number of hydrogen-bond donors (Lipinski definition) is 1. The van der Waals surface area contributed by atoms with Crippen LogP contribution in [0.2, 0.25) is 0 Å². The number of hydrogen-bond acceptors (Lipinski definition) is 3. The van der Waals surface area contributed by atoms with E-state index in [0.717, 1.165) is 24.9 Å². The first-order valence-corrected chi connectivity index (χ1v) is 6.35. The lowest BCUT2D eigenvalue weighted by molar-refractivity contribution is 0.0490. The van der Waals surface area contributed by atoms with E-state index in [2.05, 4.69) is 0 Å². The first-order valence-electron chi connectivity index (χ1n) is 5.20. The van der Waals surface area contributed by atoms with Gasteiger partial charge in [-0.3, -0.25) is 0 Å². The second-order valence-electron chi connectivity index (χ2n) is 4.16. The third-order valence-corrected chi connectivity index (χ3v) is 4.38. The highest BCUT2D eigenvalue weighted by Gasteiger charge is 2.28. The quantitative estimate of drug-likeness (QED) is 0.736. The zero-order valence-corrected chi connectivity index (χ0v) is 8.76. The van der Waals surface area contributed by atoms with E-state index in [4.69, 9.17) is 4.74 Å². The molecule has 0 aliphatic carbocycles. The monoisotopic (exact) mass is 202 g/mol. The van der Waals surface area contributed by atoms with E-state index in [0.29, 0.717) is 5.92 Å². The molecule has 0 amide bonds. The summed E-state index contributed by atoms with van der Waals surface area (Å²) >= 11 is 1.90. The summed E-state index contributed by atoms with van der Waals surface area (Å²) in [6, 6.07) is 0. The van der Waals surface area contributed by atoms with E-state index >= 15 is 0 Å². The average molecular weight is 202 g/mol. The Morgan fingerprint density at radius 2 is 2.00 bits per heavy atom. The van der Waals surface area contributed by atoms with Gasteiger partial charge >= 0.3 is 0 Å². The Morgan fingerprint density at radius 1 is 1.23 bits per heavy atom. The van der Waals surface area contributed by atoms with Gasteiger partial charge in [-0.25, -0.2) is 0 Å². The molecule has 13 heavy (non-hydrogen) atoms. The van der Waals surface area contributed by atoms with Gasteiger partial charge in [-0.1, -0.05) is 0 Å². The second kappa shape index (κ2) is 4.67. The van der Waals surface area contributed by atoms with Crippen LogP contribution in [0.5, 0.6) is 0 Å². The molecule has 1 N–H and O–H groups in total. The summed E-state index contributed by atoms with van der Waals surface area (Å²) in [5, 5.41) is 9.67. The molecule has 2 fully saturated rings. The molecular formula is C10H18O2S. The van der Waals surface area contributed by atoms with Gasteiger partial charge in [0.2, 0.25) is 0 Å². The maximum atomic E-state index is 9.67. The normalized spacial score (nSPS) is 36.7. The minimum atomic E-state index is -0.0344. The fourth-order valence-corrected chi connectivity index (χ4v) is 3.53. The van der Waals surface area contributed by atoms with E-state index in [1.807, 2.05) is 11.8 Å². The van der Waals surface area contributed by atoms with Crippen molar-refractivity contribution in [1.82, 2.24) is 0 Å². The van der Waals surface area contributed by atoms with Crippen LogP contribution in [0.3, 0.4) is 0 Å². The largest absolute Gasteiger partial charge is 0.392 e. The van der Waals surface area contributed by atoms with Crippen molar-refractivity contribution in [3.63, 3.8) is 0 Å². The van der Waals surface area contributed by atoms with Crippen molar-refractivity contribution in [2.75, 3.05) is 24.7 Å². The van der Waals surface area contributed by atoms with Crippen LogP contribution in [0, 0.1) is 11.8 Å². The fraction of sp³-hybridized carbons (Fsp3) is 1.00. The summed E-state index contributed by atoms with van der Waals surface area (Å²) in [5.41, 5.74) is 0. The van der Waals surface area contributed by atoms with Gasteiger partial charge in [-0.2, -0.15) is 11.8 Å². The lowest BCUT2D eigenvalue weighted by atomic mass is 9.87. The highest BCUT2D eigenvalue weighted by Crippen LogP contribution is 2.32. The number of rotatable bonds is 2. The molecule has 2 aliphatic rings. The number of ether oxygens (including phenoxy) is 1. The molecule has 2 nitrogen and oxygen atoms in total. The standard InChI is InChI=1S/C10H18O2S/c11-10-7-13-6-9(10)5-8-1-3-12-4-2-8/h8-11H,1-7H2. The van der Waals surface area contributed by atoms with Crippen LogP contribution in [0.1, 0.15) is 19.3 Å². The minimum Gasteiger partial charge on any atom is -0.392 e. The van der Waals surface area contributed by atoms with Crippen LogP contribution in [0.4, 0.5) is 0 Å². The Hall–Kier alpha value is 0.270. The molecule has 0 radical (unpaired) electrons. The van der Waals surface area contributed by atoms with Crippen molar-refractivity contribution in [2.24, 2.45) is 11.8 Å². The van der Waals surface area contributed by atoms with Crippen molar-refractivity contribution >= 4 is 11.8 Å². The van der Waals surface area contributed by atoms with Gasteiger partial charge in [-0.05, 0) is 36.9 Å². The summed E-state index contributed by atoms with van der Waals surface area (Å²) < 4.78 is 5.32. The van der Waals surface area contributed by atoms with E-state index in [-0.39, 0.29) is 6.10 Å². The molecule has 76 valence electrons. The Bertz CT molecular complexity index is 157. The number of aliphatic hydroxyl groups is 1. The summed E-state index contributed by atoms with van der Waals surface area (Å²) in [6.45, 7) is 1.86. The number of thioether (sulfide) groups is 1. The maximum Gasteiger partial charge on any atom is 0.0666 e. The lowest BCUT2D eigenvalue weighted by Gasteiger charge is -2.25. The van der Waals surface area contributed by atoms with Crippen molar-refractivity contribution in [3.8, 4) is 0 Å². The Balaban J connectivity index is 1.75. The zero-order valence-electron chi connectivity index (χ0n) is 7.95. The van der Waals surface area contributed by atoms with Crippen LogP contribution in [-0.4, -0.2) is 35.9 Å². The predicted molar refractivity (Wildman–Crippen MR) is 55.0 cm³/mol. The van der Waals surface area contributed by atoms with E-state index < -0.39 is 0 Å². The van der Waals surface area contributed by atoms with Crippen molar-refractivity contribution in [1.29, 1.82) is 0 Å². The number of aliphatic hydroxyl groups excluding tert-OH is 1. The van der Waals surface area contributed by atoms with E-state index in [9.17, 15) is 5.11 Å². The lowest BCUT2D eigenvalue weighted by Crippen LogP contribution is -2.24. The summed E-state index contributed by atoms with van der Waals surface area (Å²) in [4.78, 5) is 0. The Morgan fingerprint density at radius 3 is 2.62 bits per heavy atom. The molecule has 2 atom stereocenters. The summed E-state index contributed by atoms with van der Waals surface area (Å²) in [6.07, 6.45) is 3.59. The fourth-order valence-electron chi connectivity index (χ4n) is 2.22. The summed E-state index contributed by atoms with van der Waals surface area (Å²) in [5.74, 6) is 3.49. The summed E-state index contributed by atoms with van der Waals surface area (Å²) in [7, 11) is 0. The molecule has 0 spiro atoms. The van der Waals surface area contributed by atoms with Crippen molar-refractivity contribution < 1.29 is 9.84 Å². The molecule has 2 heterocycles. The van der Waals surface area contributed by atoms with Crippen LogP contribution in [-0.2, 0) is 4.74 Å². The van der Waals surface area contributed by atoms with Crippen LogP contribution in [0.25, 0.3) is 0 Å². The zero-order chi connectivity index (χ0) is 9.10. The molecule has 2 saturated heterocycles. The molecular weight excluding hydrogens is 184 g/mol. The average Bonchev–Trinajstić information content (AvgIpc) is 2.54. The molecule has 0 saturated carbocycles. The molecule has 0 aromatic heterocycles.